The van der Waals surface area contributed by atoms with Gasteiger partial charge in [0.1, 0.15) is 0 Å². The molecule has 5 nitrogen and oxygen atoms in total. The molecule has 1 aromatic carbocycles. The summed E-state index contributed by atoms with van der Waals surface area (Å²) in [5.41, 5.74) is 1.14. The highest BCUT2D eigenvalue weighted by molar-refractivity contribution is 9.10. The Balaban J connectivity index is 1.71. The third kappa shape index (κ3) is 3.31. The molecule has 0 radical (unpaired) electrons. The van der Waals surface area contributed by atoms with E-state index in [0.29, 0.717) is 24.7 Å². The maximum Gasteiger partial charge on any atom is 0.244 e. The van der Waals surface area contributed by atoms with Gasteiger partial charge in [-0.1, -0.05) is 33.2 Å². The summed E-state index contributed by atoms with van der Waals surface area (Å²) in [6.45, 7) is 1.33. The summed E-state index contributed by atoms with van der Waals surface area (Å²) in [5.74, 6) is 1.32. The van der Waals surface area contributed by atoms with Gasteiger partial charge in [0.15, 0.2) is 5.82 Å². The van der Waals surface area contributed by atoms with Crippen LogP contribution in [-0.4, -0.2) is 28.1 Å². The Hall–Kier alpha value is -1.71. The molecular formula is C15H15BrN4O. The fourth-order valence-electron chi connectivity index (χ4n) is 2.65. The zero-order valence-corrected chi connectivity index (χ0v) is 13.1. The van der Waals surface area contributed by atoms with Gasteiger partial charge < -0.3 is 4.52 Å². The molecule has 21 heavy (non-hydrogen) atoms. The molecule has 0 unspecified atom stereocenters. The molecule has 0 spiro atoms. The Morgan fingerprint density at radius 1 is 1.38 bits per heavy atom. The summed E-state index contributed by atoms with van der Waals surface area (Å²) < 4.78 is 6.45. The van der Waals surface area contributed by atoms with Crippen LogP contribution in [-0.2, 0) is 6.42 Å². The second kappa shape index (κ2) is 6.37. The van der Waals surface area contributed by atoms with Gasteiger partial charge in [-0.15, -0.1) is 0 Å². The number of hydrogen-bond acceptors (Lipinski definition) is 5. The number of nitrogens with zero attached hydrogens (tertiary/aromatic N) is 4. The number of nitriles is 1. The lowest BCUT2D eigenvalue weighted by Gasteiger charge is -2.17. The average molecular weight is 347 g/mol. The van der Waals surface area contributed by atoms with E-state index in [0.717, 1.165) is 29.4 Å². The van der Waals surface area contributed by atoms with E-state index in [9.17, 15) is 0 Å². The van der Waals surface area contributed by atoms with E-state index in [-0.39, 0.29) is 6.04 Å². The van der Waals surface area contributed by atoms with E-state index in [4.69, 9.17) is 9.78 Å². The standard InChI is InChI=1S/C15H15BrN4O/c16-12-5-3-11(4-6-12)10-14-18-15(21-19-14)13-2-1-8-20(13)9-7-17/h3-6,13H,1-2,8-10H2/t13-/m0/s1. The van der Waals surface area contributed by atoms with Crippen molar-refractivity contribution in [2.45, 2.75) is 25.3 Å². The summed E-state index contributed by atoms with van der Waals surface area (Å²) in [6, 6.07) is 10.4. The highest BCUT2D eigenvalue weighted by Crippen LogP contribution is 2.30. The average Bonchev–Trinajstić information content (AvgIpc) is 3.11. The largest absolute Gasteiger partial charge is 0.338 e. The lowest BCUT2D eigenvalue weighted by molar-refractivity contribution is 0.227. The van der Waals surface area contributed by atoms with Crippen molar-refractivity contribution in [3.8, 4) is 6.07 Å². The molecule has 0 bridgehead atoms. The van der Waals surface area contributed by atoms with Crippen LogP contribution in [0.25, 0.3) is 0 Å². The molecule has 1 aliphatic heterocycles. The molecule has 1 atom stereocenters. The van der Waals surface area contributed by atoms with Crippen molar-refractivity contribution in [2.75, 3.05) is 13.1 Å². The number of aromatic nitrogens is 2. The summed E-state index contributed by atoms with van der Waals surface area (Å²) in [6.07, 6.45) is 2.69. The van der Waals surface area contributed by atoms with E-state index in [1.54, 1.807) is 0 Å². The van der Waals surface area contributed by atoms with Crippen molar-refractivity contribution >= 4 is 15.9 Å². The molecule has 0 saturated carbocycles. The molecule has 6 heteroatoms. The number of benzene rings is 1. The van der Waals surface area contributed by atoms with E-state index >= 15 is 0 Å². The molecule has 1 aliphatic rings. The van der Waals surface area contributed by atoms with Gasteiger partial charge in [0, 0.05) is 17.4 Å². The quantitative estimate of drug-likeness (QED) is 0.795. The fourth-order valence-corrected chi connectivity index (χ4v) is 2.91. The third-order valence-corrected chi connectivity index (χ3v) is 4.21. The monoisotopic (exact) mass is 346 g/mol. The highest BCUT2D eigenvalue weighted by atomic mass is 79.9. The molecule has 2 aromatic rings. The zero-order chi connectivity index (χ0) is 14.7. The fraction of sp³-hybridized carbons (Fsp3) is 0.400. The zero-order valence-electron chi connectivity index (χ0n) is 11.5. The summed E-state index contributed by atoms with van der Waals surface area (Å²) in [5, 5.41) is 12.9. The van der Waals surface area contributed by atoms with E-state index in [1.165, 1.54) is 0 Å². The van der Waals surface area contributed by atoms with Crippen molar-refractivity contribution in [1.29, 1.82) is 5.26 Å². The maximum absolute atomic E-state index is 8.85. The smallest absolute Gasteiger partial charge is 0.244 e. The van der Waals surface area contributed by atoms with Crippen LogP contribution in [0.4, 0.5) is 0 Å². The van der Waals surface area contributed by atoms with Crippen LogP contribution in [0.2, 0.25) is 0 Å². The number of hydrogen-bond donors (Lipinski definition) is 0. The van der Waals surface area contributed by atoms with Crippen molar-refractivity contribution < 1.29 is 4.52 Å². The molecule has 1 fully saturated rings. The van der Waals surface area contributed by atoms with Crippen molar-refractivity contribution in [1.82, 2.24) is 15.0 Å². The minimum absolute atomic E-state index is 0.0933. The highest BCUT2D eigenvalue weighted by Gasteiger charge is 2.30. The topological polar surface area (TPSA) is 66.0 Å². The first kappa shape index (κ1) is 14.2. The van der Waals surface area contributed by atoms with Gasteiger partial charge in [0.2, 0.25) is 5.89 Å². The third-order valence-electron chi connectivity index (χ3n) is 3.68. The van der Waals surface area contributed by atoms with Crippen LogP contribution in [0.3, 0.4) is 0 Å². The van der Waals surface area contributed by atoms with Gasteiger partial charge in [0.25, 0.3) is 0 Å². The summed E-state index contributed by atoms with van der Waals surface area (Å²) >= 11 is 3.42. The molecule has 108 valence electrons. The van der Waals surface area contributed by atoms with Crippen molar-refractivity contribution in [2.24, 2.45) is 0 Å². The molecule has 1 saturated heterocycles. The van der Waals surface area contributed by atoms with Gasteiger partial charge in [-0.25, -0.2) is 0 Å². The minimum atomic E-state index is 0.0933. The van der Waals surface area contributed by atoms with Gasteiger partial charge in [-0.2, -0.15) is 10.2 Å². The van der Waals surface area contributed by atoms with Gasteiger partial charge >= 0.3 is 0 Å². The summed E-state index contributed by atoms with van der Waals surface area (Å²) in [7, 11) is 0. The molecule has 0 aliphatic carbocycles. The number of likely N-dealkylation sites (tertiary alicyclic amines) is 1. The lowest BCUT2D eigenvalue weighted by atomic mass is 10.1. The Kier molecular flexibility index (Phi) is 4.32. The second-order valence-corrected chi connectivity index (χ2v) is 6.05. The van der Waals surface area contributed by atoms with Gasteiger partial charge in [-0.3, -0.25) is 4.90 Å². The maximum atomic E-state index is 8.85. The number of rotatable bonds is 4. The first-order valence-electron chi connectivity index (χ1n) is 6.94. The van der Waals surface area contributed by atoms with Crippen molar-refractivity contribution in [3.63, 3.8) is 0 Å². The second-order valence-electron chi connectivity index (χ2n) is 5.14. The molecule has 0 N–H and O–H groups in total. The molecule has 2 heterocycles. The van der Waals surface area contributed by atoms with Crippen LogP contribution in [0, 0.1) is 11.3 Å². The Morgan fingerprint density at radius 3 is 2.95 bits per heavy atom. The SMILES string of the molecule is N#CCN1CCC[C@H]1c1nc(Cc2ccc(Br)cc2)no1. The summed E-state index contributed by atoms with van der Waals surface area (Å²) in [4.78, 5) is 6.60. The molecule has 0 amide bonds. The molecular weight excluding hydrogens is 332 g/mol. The van der Waals surface area contributed by atoms with Crippen LogP contribution in [0.1, 0.15) is 36.2 Å². The van der Waals surface area contributed by atoms with Crippen LogP contribution >= 0.6 is 15.9 Å². The Labute approximate surface area is 131 Å². The first-order valence-corrected chi connectivity index (χ1v) is 7.73. The van der Waals surface area contributed by atoms with E-state index in [2.05, 4.69) is 37.0 Å². The number of halogens is 1. The van der Waals surface area contributed by atoms with E-state index < -0.39 is 0 Å². The van der Waals surface area contributed by atoms with Crippen LogP contribution < -0.4 is 0 Å². The van der Waals surface area contributed by atoms with Gasteiger partial charge in [-0.05, 0) is 30.5 Å². The van der Waals surface area contributed by atoms with Crippen molar-refractivity contribution in [3.05, 3.63) is 46.0 Å². The Morgan fingerprint density at radius 2 is 2.19 bits per heavy atom. The predicted molar refractivity (Wildman–Crippen MR) is 80.4 cm³/mol. The van der Waals surface area contributed by atoms with Crippen LogP contribution in [0.5, 0.6) is 0 Å². The molecule has 1 aromatic heterocycles. The van der Waals surface area contributed by atoms with Crippen LogP contribution in [0.15, 0.2) is 33.3 Å². The van der Waals surface area contributed by atoms with Gasteiger partial charge in [0.05, 0.1) is 18.7 Å². The van der Waals surface area contributed by atoms with E-state index in [1.807, 2.05) is 24.3 Å². The normalized spacial score (nSPS) is 18.8. The first-order chi connectivity index (χ1) is 10.3. The predicted octanol–water partition coefficient (Wildman–Crippen LogP) is 3.08. The lowest BCUT2D eigenvalue weighted by Crippen LogP contribution is -2.23. The Bertz CT molecular complexity index is 646. The molecule has 3 rings (SSSR count). The minimum Gasteiger partial charge on any atom is -0.338 e.